The quantitative estimate of drug-likeness (QED) is 0.433. The van der Waals surface area contributed by atoms with E-state index >= 15 is 0 Å². The van der Waals surface area contributed by atoms with Crippen LogP contribution in [0.4, 0.5) is 11.4 Å². The van der Waals surface area contributed by atoms with Crippen LogP contribution in [0.3, 0.4) is 0 Å². The van der Waals surface area contributed by atoms with Crippen molar-refractivity contribution in [2.24, 2.45) is 0 Å². The van der Waals surface area contributed by atoms with Gasteiger partial charge in [0, 0.05) is 0 Å². The van der Waals surface area contributed by atoms with E-state index in [-0.39, 0.29) is 0 Å². The molecule has 0 radical (unpaired) electrons. The van der Waals surface area contributed by atoms with E-state index in [9.17, 15) is 0 Å². The van der Waals surface area contributed by atoms with Crippen LogP contribution in [-0.2, 0) is 0 Å². The predicted molar refractivity (Wildman–Crippen MR) is 107 cm³/mol. The van der Waals surface area contributed by atoms with Gasteiger partial charge in [0.05, 0.1) is 24.6 Å². The van der Waals surface area contributed by atoms with Crippen LogP contribution in [0.15, 0.2) is 48.5 Å². The van der Waals surface area contributed by atoms with E-state index in [2.05, 4.69) is 9.94 Å². The van der Waals surface area contributed by atoms with Gasteiger partial charge in [-0.3, -0.25) is 0 Å². The van der Waals surface area contributed by atoms with Crippen molar-refractivity contribution >= 4 is 45.5 Å². The topological polar surface area (TPSA) is 70.5 Å². The van der Waals surface area contributed by atoms with Gasteiger partial charge in [-0.2, -0.15) is 0 Å². The van der Waals surface area contributed by atoms with Crippen LogP contribution in [0, 0.1) is 0 Å². The third-order valence-electron chi connectivity index (χ3n) is 2.60. The Bertz CT molecular complexity index is 505. The van der Waals surface area contributed by atoms with E-state index in [1.807, 2.05) is 62.4 Å². The van der Waals surface area contributed by atoms with Crippen molar-refractivity contribution in [3.63, 3.8) is 0 Å². The van der Waals surface area contributed by atoms with Gasteiger partial charge in [0.25, 0.3) is 0 Å². The molecule has 0 saturated carbocycles. The minimum atomic E-state index is 0.612. The van der Waals surface area contributed by atoms with Crippen LogP contribution in [0.25, 0.3) is 0 Å². The summed E-state index contributed by atoms with van der Waals surface area (Å²) in [6.45, 7) is 5.20. The number of nitrogen functional groups attached to an aromatic ring is 2. The summed E-state index contributed by atoms with van der Waals surface area (Å²) in [6, 6.07) is 15.0. The number of nitrogens with two attached hydrogens (primary N) is 2. The molecule has 0 heterocycles. The average molecular weight is 560 g/mol. The normalized spacial score (nSPS) is 9.00. The summed E-state index contributed by atoms with van der Waals surface area (Å²) in [5, 5.41) is 0. The molecule has 0 atom stereocenters. The van der Waals surface area contributed by atoms with E-state index in [0.717, 1.165) is 11.5 Å². The van der Waals surface area contributed by atoms with Gasteiger partial charge in [0.15, 0.2) is 0 Å². The molecule has 0 fully saturated rings. The van der Waals surface area contributed by atoms with Crippen molar-refractivity contribution in [2.45, 2.75) is 23.8 Å². The molecule has 0 aromatic heterocycles. The van der Waals surface area contributed by atoms with Gasteiger partial charge in [-0.15, -0.1) is 0 Å². The minimum absolute atomic E-state index is 0.612. The summed E-state index contributed by atoms with van der Waals surface area (Å²) in [5.74, 6) is 1.54. The van der Waals surface area contributed by atoms with Gasteiger partial charge < -0.3 is 20.9 Å². The van der Waals surface area contributed by atoms with Gasteiger partial charge in [-0.05, 0) is 38.1 Å². The molecule has 2 aromatic carbocycles. The number of hydrogen-bond acceptors (Lipinski definition) is 4. The molecule has 134 valence electrons. The van der Waals surface area contributed by atoms with Gasteiger partial charge >= 0.3 is 44.1 Å². The standard InChI is InChI=1S/2C8H11NO.C2H6Te2/c2*1-2-10-8-6-4-3-5-7(8)9;1-3-4-2/h2*3-6H,2,9H2,1H3;1-2H3. The van der Waals surface area contributed by atoms with Crippen LogP contribution in [0.1, 0.15) is 13.8 Å². The second kappa shape index (κ2) is 15.7. The molecule has 4 N–H and O–H groups in total. The Morgan fingerprint density at radius 2 is 1.04 bits per heavy atom. The number of hydrogen-bond donors (Lipinski definition) is 2. The van der Waals surface area contributed by atoms with E-state index in [1.165, 1.54) is 0 Å². The molecule has 4 nitrogen and oxygen atoms in total. The molecule has 0 saturated heterocycles. The van der Waals surface area contributed by atoms with Crippen LogP contribution in [0.5, 0.6) is 11.5 Å². The molecule has 0 bridgehead atoms. The van der Waals surface area contributed by atoms with Crippen LogP contribution < -0.4 is 20.9 Å². The molecule has 2 aromatic rings. The summed E-state index contributed by atoms with van der Waals surface area (Å²) in [5.41, 5.74) is 12.6. The number of para-hydroxylation sites is 4. The summed E-state index contributed by atoms with van der Waals surface area (Å²) < 4.78 is 10.4. The second-order valence-corrected chi connectivity index (χ2v) is 18.9. The van der Waals surface area contributed by atoms with Gasteiger partial charge in [0.2, 0.25) is 0 Å². The summed E-state index contributed by atoms with van der Waals surface area (Å²) in [6.07, 6.45) is 0. The zero-order valence-electron chi connectivity index (χ0n) is 14.8. The summed E-state index contributed by atoms with van der Waals surface area (Å²) >= 11 is 1.22. The maximum absolute atomic E-state index is 5.58. The molecule has 0 aliphatic heterocycles. The number of ether oxygens (including phenoxy) is 2. The SMILES string of the molecule is CCOc1ccccc1N.CCOc1ccccc1N.C[Te][Te]C. The molecule has 0 unspecified atom stereocenters. The first-order chi connectivity index (χ1) is 11.6. The fraction of sp³-hybridized carbons (Fsp3) is 0.333. The van der Waals surface area contributed by atoms with Crippen molar-refractivity contribution in [1.82, 2.24) is 0 Å². The Kier molecular flexibility index (Phi) is 15.2. The summed E-state index contributed by atoms with van der Waals surface area (Å²) in [4.78, 5) is 4.74. The molecule has 0 spiro atoms. The molecule has 0 aliphatic carbocycles. The van der Waals surface area contributed by atoms with Crippen molar-refractivity contribution in [1.29, 1.82) is 0 Å². The Balaban J connectivity index is 0.000000363. The Morgan fingerprint density at radius 3 is 1.29 bits per heavy atom. The molecule has 6 heteroatoms. The number of anilines is 2. The van der Waals surface area contributed by atoms with Crippen molar-refractivity contribution in [3.05, 3.63) is 48.5 Å². The predicted octanol–water partition coefficient (Wildman–Crippen LogP) is 3.74. The van der Waals surface area contributed by atoms with E-state index < -0.39 is 0 Å². The molecular weight excluding hydrogens is 531 g/mol. The first-order valence-electron chi connectivity index (χ1n) is 7.62. The van der Waals surface area contributed by atoms with Crippen molar-refractivity contribution in [3.8, 4) is 11.5 Å². The third kappa shape index (κ3) is 10.9. The molecule has 2 rings (SSSR count). The van der Waals surface area contributed by atoms with Gasteiger partial charge in [-0.1, -0.05) is 24.3 Å². The summed E-state index contributed by atoms with van der Waals surface area (Å²) in [7, 11) is 0. The van der Waals surface area contributed by atoms with Crippen LogP contribution in [0.2, 0.25) is 9.94 Å². The van der Waals surface area contributed by atoms with Crippen molar-refractivity contribution < 1.29 is 9.47 Å². The van der Waals surface area contributed by atoms with Crippen LogP contribution >= 0.6 is 0 Å². The zero-order chi connectivity index (χ0) is 18.2. The van der Waals surface area contributed by atoms with E-state index in [0.29, 0.717) is 58.7 Å². The molecule has 24 heavy (non-hydrogen) atoms. The number of benzene rings is 2. The number of rotatable bonds is 5. The first-order valence-corrected chi connectivity index (χ1v) is 19.6. The monoisotopic (exact) mass is 564 g/mol. The molecule has 0 amide bonds. The van der Waals surface area contributed by atoms with Crippen molar-refractivity contribution in [2.75, 3.05) is 24.7 Å². The second-order valence-electron chi connectivity index (χ2n) is 4.28. The fourth-order valence-corrected chi connectivity index (χ4v) is 1.53. The Labute approximate surface area is 162 Å². The fourth-order valence-electron chi connectivity index (χ4n) is 1.53. The Hall–Kier alpha value is -0.781. The van der Waals surface area contributed by atoms with E-state index in [4.69, 9.17) is 20.9 Å². The van der Waals surface area contributed by atoms with E-state index in [1.54, 1.807) is 0 Å². The Morgan fingerprint density at radius 1 is 0.708 bits per heavy atom. The zero-order valence-corrected chi connectivity index (χ0v) is 19.5. The molecule has 0 aliphatic rings. The van der Waals surface area contributed by atoms with Crippen LogP contribution in [-0.4, -0.2) is 47.3 Å². The first kappa shape index (κ1) is 23.2. The maximum atomic E-state index is 5.58. The third-order valence-corrected chi connectivity index (χ3v) is 9.94. The van der Waals surface area contributed by atoms with Gasteiger partial charge in [-0.25, -0.2) is 0 Å². The molecular formula is C18H28N2O2Te2. The van der Waals surface area contributed by atoms with Gasteiger partial charge in [0.1, 0.15) is 11.5 Å². The average Bonchev–Trinajstić information content (AvgIpc) is 2.60.